The molecule has 2 aromatic rings. The number of carbonyl (C=O) groups is 5. The number of amides is 4. The molecule has 1 saturated heterocycles. The first kappa shape index (κ1) is 34.6. The normalized spacial score (nSPS) is 27.0. The van der Waals surface area contributed by atoms with E-state index < -0.39 is 59.0 Å². The average Bonchev–Trinajstić information content (AvgIpc) is 3.35. The lowest BCUT2D eigenvalue weighted by Gasteiger charge is -2.30. The van der Waals surface area contributed by atoms with E-state index in [0.29, 0.717) is 30.6 Å². The topological polar surface area (TPSA) is 185 Å². The van der Waals surface area contributed by atoms with Crippen molar-refractivity contribution in [3.8, 4) is 11.3 Å². The van der Waals surface area contributed by atoms with Crippen LogP contribution in [0.15, 0.2) is 42.5 Å². The van der Waals surface area contributed by atoms with E-state index in [4.69, 9.17) is 4.74 Å². The van der Waals surface area contributed by atoms with E-state index >= 15 is 0 Å². The molecule has 2 fully saturated rings. The van der Waals surface area contributed by atoms with Crippen LogP contribution in [0.25, 0.3) is 11.3 Å². The van der Waals surface area contributed by atoms with Gasteiger partial charge in [-0.25, -0.2) is 9.59 Å². The molecule has 5 rings (SSSR count). The summed E-state index contributed by atoms with van der Waals surface area (Å²) in [5.74, 6) is -3.03. The van der Waals surface area contributed by atoms with Crippen molar-refractivity contribution in [1.82, 2.24) is 35.8 Å². The molecule has 1 aromatic heterocycles. The zero-order valence-electron chi connectivity index (χ0n) is 27.9. The third kappa shape index (κ3) is 7.69. The maximum absolute atomic E-state index is 14.3. The Kier molecular flexibility index (Phi) is 10.2. The van der Waals surface area contributed by atoms with Crippen molar-refractivity contribution in [2.75, 3.05) is 13.1 Å². The Morgan fingerprint density at radius 2 is 1.85 bits per heavy atom. The van der Waals surface area contributed by atoms with E-state index in [9.17, 15) is 29.1 Å². The summed E-state index contributed by atoms with van der Waals surface area (Å²) in [5, 5.41) is 27.6. The summed E-state index contributed by atoms with van der Waals surface area (Å²) in [5.41, 5.74) is -1.14. The Bertz CT molecular complexity index is 1570. The fraction of sp³-hybridized carbons (Fsp3) is 0.559. The number of hydrogen-bond acceptors (Lipinski definition) is 8. The highest BCUT2D eigenvalue weighted by Crippen LogP contribution is 2.45. The van der Waals surface area contributed by atoms with Crippen LogP contribution in [0.3, 0.4) is 0 Å². The number of fused-ring (bicyclic) bond motifs is 2. The van der Waals surface area contributed by atoms with Crippen molar-refractivity contribution in [2.45, 2.75) is 102 Å². The lowest BCUT2D eigenvalue weighted by molar-refractivity contribution is -0.145. The number of hydrogen-bond donors (Lipinski definition) is 4. The van der Waals surface area contributed by atoms with Gasteiger partial charge in [-0.15, -0.1) is 5.10 Å². The first-order chi connectivity index (χ1) is 22.8. The second-order valence-corrected chi connectivity index (χ2v) is 13.7. The highest BCUT2D eigenvalue weighted by atomic mass is 16.6. The maximum Gasteiger partial charge on any atom is 0.408 e. The molecule has 3 aliphatic rings. The van der Waals surface area contributed by atoms with Crippen LogP contribution in [0, 0.1) is 5.92 Å². The molecular formula is C34H45N7O7. The molecule has 0 bridgehead atoms. The number of ether oxygens (including phenoxy) is 1. The van der Waals surface area contributed by atoms with Gasteiger partial charge in [-0.1, -0.05) is 55.3 Å². The molecule has 4 amide bonds. The van der Waals surface area contributed by atoms with Gasteiger partial charge in [0.05, 0.1) is 6.04 Å². The Morgan fingerprint density at radius 3 is 2.54 bits per heavy atom. The molecule has 0 radical (unpaired) electrons. The summed E-state index contributed by atoms with van der Waals surface area (Å²) in [7, 11) is 0. The highest BCUT2D eigenvalue weighted by molar-refractivity contribution is 5.98. The van der Waals surface area contributed by atoms with E-state index in [1.54, 1.807) is 27.7 Å². The Balaban J connectivity index is 1.50. The minimum Gasteiger partial charge on any atom is -0.479 e. The number of carboxylic acid groups (broad SMARTS) is 1. The van der Waals surface area contributed by atoms with Crippen LogP contribution in [0.2, 0.25) is 0 Å². The van der Waals surface area contributed by atoms with Crippen LogP contribution in [0.1, 0.15) is 89.2 Å². The van der Waals surface area contributed by atoms with Gasteiger partial charge in [0, 0.05) is 31.0 Å². The predicted molar refractivity (Wildman–Crippen MR) is 175 cm³/mol. The predicted octanol–water partition coefficient (Wildman–Crippen LogP) is 3.21. The third-order valence-electron chi connectivity index (χ3n) is 8.88. The molecule has 2 aliphatic heterocycles. The number of alkyl carbamates (subject to hydrolysis) is 1. The van der Waals surface area contributed by atoms with Gasteiger partial charge in [0.15, 0.2) is 5.69 Å². The quantitative estimate of drug-likeness (QED) is 0.337. The number of benzene rings is 1. The maximum atomic E-state index is 14.3. The summed E-state index contributed by atoms with van der Waals surface area (Å²) in [6.07, 6.45) is 6.63. The summed E-state index contributed by atoms with van der Waals surface area (Å²) >= 11 is 0. The first-order valence-electron chi connectivity index (χ1n) is 16.7. The molecule has 3 heterocycles. The van der Waals surface area contributed by atoms with Crippen LogP contribution in [-0.2, 0) is 19.1 Å². The number of allylic oxidation sites excluding steroid dienone is 1. The van der Waals surface area contributed by atoms with Crippen molar-refractivity contribution in [3.63, 3.8) is 0 Å². The summed E-state index contributed by atoms with van der Waals surface area (Å²) in [6, 6.07) is 6.40. The molecule has 258 valence electrons. The van der Waals surface area contributed by atoms with Gasteiger partial charge in [-0.2, -0.15) is 9.90 Å². The van der Waals surface area contributed by atoms with E-state index in [0.717, 1.165) is 19.3 Å². The fourth-order valence-electron chi connectivity index (χ4n) is 6.37. The van der Waals surface area contributed by atoms with E-state index in [1.807, 2.05) is 42.5 Å². The summed E-state index contributed by atoms with van der Waals surface area (Å²) in [6.45, 7) is 7.34. The lowest BCUT2D eigenvalue weighted by atomic mass is 10.0. The fourth-order valence-corrected chi connectivity index (χ4v) is 6.37. The number of nitrogens with one attached hydrogen (secondary N) is 3. The molecule has 1 aliphatic carbocycles. The minimum absolute atomic E-state index is 0.00936. The zero-order valence-corrected chi connectivity index (χ0v) is 27.9. The molecule has 4 N–H and O–H groups in total. The van der Waals surface area contributed by atoms with Gasteiger partial charge in [0.1, 0.15) is 28.9 Å². The molecule has 5 atom stereocenters. The summed E-state index contributed by atoms with van der Waals surface area (Å²) < 4.78 is 5.46. The SMILES string of the molecule is CCNC(=O)c1nn([C@H]2C[C@H]3C(=O)N[C@@]4(C(=O)O)C[C@H]4/C=C\CCCCC[C@H](NC(=O)OC(C)(C)C)C(=O)N3C2)nc1-c1ccccc1. The Labute approximate surface area is 279 Å². The summed E-state index contributed by atoms with van der Waals surface area (Å²) in [4.78, 5) is 69.4. The number of aliphatic carboxylic acids is 1. The number of carbonyl (C=O) groups excluding carboxylic acids is 4. The van der Waals surface area contributed by atoms with Crippen molar-refractivity contribution < 1.29 is 33.8 Å². The second kappa shape index (κ2) is 14.2. The molecule has 14 heteroatoms. The first-order valence-corrected chi connectivity index (χ1v) is 16.7. The average molecular weight is 664 g/mol. The van der Waals surface area contributed by atoms with Crippen molar-refractivity contribution in [1.29, 1.82) is 0 Å². The molecule has 1 aromatic carbocycles. The van der Waals surface area contributed by atoms with Crippen LogP contribution in [0.4, 0.5) is 4.79 Å². The third-order valence-corrected chi connectivity index (χ3v) is 8.88. The van der Waals surface area contributed by atoms with Gasteiger partial charge in [-0.3, -0.25) is 14.4 Å². The van der Waals surface area contributed by atoms with E-state index in [2.05, 4.69) is 26.1 Å². The van der Waals surface area contributed by atoms with Crippen molar-refractivity contribution in [2.24, 2.45) is 5.92 Å². The molecule has 0 unspecified atom stereocenters. The Hall–Kier alpha value is -4.75. The zero-order chi connectivity index (χ0) is 34.6. The van der Waals surface area contributed by atoms with Crippen LogP contribution >= 0.6 is 0 Å². The Morgan fingerprint density at radius 1 is 1.10 bits per heavy atom. The van der Waals surface area contributed by atoms with E-state index in [-0.39, 0.29) is 31.0 Å². The van der Waals surface area contributed by atoms with Gasteiger partial charge in [0.2, 0.25) is 11.8 Å². The molecule has 0 spiro atoms. The molecular weight excluding hydrogens is 618 g/mol. The standard InChI is InChI=1S/C34H45N7O7/c1-5-35-29(43)27-26(21-14-10-9-11-15-21)38-41(39-27)23-18-25-28(42)37-34(31(45)46)19-22(34)16-12-7-6-8-13-17-24(30(44)40(25)20-23)36-32(47)48-33(2,3)4/h9-12,14-16,22-25H,5-8,13,17-20H2,1-4H3,(H,35,43)(H,36,47)(H,37,42)(H,45,46)/b16-12-/t22-,23+,24+,25+,34+/m1/s1. The second-order valence-electron chi connectivity index (χ2n) is 13.7. The van der Waals surface area contributed by atoms with Gasteiger partial charge < -0.3 is 30.7 Å². The van der Waals surface area contributed by atoms with Gasteiger partial charge in [-0.05, 0) is 53.4 Å². The molecule has 1 saturated carbocycles. The monoisotopic (exact) mass is 663 g/mol. The van der Waals surface area contributed by atoms with Crippen LogP contribution in [-0.4, -0.2) is 91.1 Å². The number of aromatic nitrogens is 3. The van der Waals surface area contributed by atoms with E-state index in [1.165, 1.54) is 9.70 Å². The van der Waals surface area contributed by atoms with Gasteiger partial charge in [0.25, 0.3) is 5.91 Å². The highest BCUT2D eigenvalue weighted by Gasteiger charge is 2.61. The van der Waals surface area contributed by atoms with Crippen LogP contribution in [0.5, 0.6) is 0 Å². The minimum atomic E-state index is -1.47. The largest absolute Gasteiger partial charge is 0.479 e. The number of nitrogens with zero attached hydrogens (tertiary/aromatic N) is 4. The molecule has 48 heavy (non-hydrogen) atoms. The van der Waals surface area contributed by atoms with Crippen molar-refractivity contribution in [3.05, 3.63) is 48.2 Å². The lowest BCUT2D eigenvalue weighted by Crippen LogP contribution is -2.56. The van der Waals surface area contributed by atoms with Gasteiger partial charge >= 0.3 is 12.1 Å². The van der Waals surface area contributed by atoms with Crippen molar-refractivity contribution >= 4 is 29.8 Å². The number of rotatable bonds is 6. The smallest absolute Gasteiger partial charge is 0.408 e. The molecule has 14 nitrogen and oxygen atoms in total. The number of carboxylic acids is 1. The van der Waals surface area contributed by atoms with Crippen LogP contribution < -0.4 is 16.0 Å².